The first-order chi connectivity index (χ1) is 14.0. The van der Waals surface area contributed by atoms with E-state index in [-0.39, 0.29) is 11.7 Å². The topological polar surface area (TPSA) is 93.0 Å². The Morgan fingerprint density at radius 3 is 2.41 bits per heavy atom. The molecule has 7 nitrogen and oxygen atoms in total. The van der Waals surface area contributed by atoms with E-state index in [2.05, 4.69) is 10.6 Å². The van der Waals surface area contributed by atoms with Crippen LogP contribution in [0.1, 0.15) is 16.1 Å². The van der Waals surface area contributed by atoms with Crippen molar-refractivity contribution >= 4 is 28.9 Å². The Labute approximate surface area is 173 Å². The highest BCUT2D eigenvalue weighted by atomic mass is 32.1. The number of aliphatic hydroxyl groups is 1. The second-order valence-electron chi connectivity index (χ2n) is 6.01. The molecule has 0 saturated carbocycles. The van der Waals surface area contributed by atoms with E-state index in [0.29, 0.717) is 34.3 Å². The largest absolute Gasteiger partial charge is 0.497 e. The van der Waals surface area contributed by atoms with Gasteiger partial charge in [-0.15, -0.1) is 0 Å². The second kappa shape index (κ2) is 9.22. The molecular weight excluding hydrogens is 392 g/mol. The molecule has 2 aromatic carbocycles. The van der Waals surface area contributed by atoms with Gasteiger partial charge in [0.05, 0.1) is 14.2 Å². The maximum absolute atomic E-state index is 12.5. The summed E-state index contributed by atoms with van der Waals surface area (Å²) in [7, 11) is 3.02. The monoisotopic (exact) mass is 412 g/mol. The standard InChI is InChI=1S/C21H20N2O5S/c1-26-17-9-14(10-18(11-17)27-2)20(25)23-21(29)22-15-5-3-4-13(8-15)19-7-6-16(12-24)28-19/h3-11,24H,12H2,1-2H3,(H2,22,23,25,29). The molecule has 3 rings (SSSR count). The van der Waals surface area contributed by atoms with Crippen molar-refractivity contribution in [3.05, 3.63) is 65.9 Å². The molecule has 0 aliphatic heterocycles. The minimum absolute atomic E-state index is 0.143. The molecule has 1 heterocycles. The van der Waals surface area contributed by atoms with Crippen LogP contribution in [-0.2, 0) is 6.61 Å². The van der Waals surface area contributed by atoms with Crippen LogP contribution in [0.25, 0.3) is 11.3 Å². The first kappa shape index (κ1) is 20.4. The van der Waals surface area contributed by atoms with Crippen molar-refractivity contribution in [3.63, 3.8) is 0 Å². The molecule has 29 heavy (non-hydrogen) atoms. The van der Waals surface area contributed by atoms with Gasteiger partial charge in [-0.05, 0) is 48.6 Å². The molecule has 3 aromatic rings. The molecule has 3 N–H and O–H groups in total. The smallest absolute Gasteiger partial charge is 0.257 e. The SMILES string of the molecule is COc1cc(OC)cc(C(=O)NC(=S)Nc2cccc(-c3ccc(CO)o3)c2)c1. The third-order valence-corrected chi connectivity index (χ3v) is 4.27. The number of anilines is 1. The number of methoxy groups -OCH3 is 2. The summed E-state index contributed by atoms with van der Waals surface area (Å²) in [6, 6.07) is 15.7. The van der Waals surface area contributed by atoms with Gasteiger partial charge < -0.3 is 24.3 Å². The van der Waals surface area contributed by atoms with Crippen LogP contribution < -0.4 is 20.1 Å². The number of hydrogen-bond donors (Lipinski definition) is 3. The van der Waals surface area contributed by atoms with Gasteiger partial charge in [-0.1, -0.05) is 12.1 Å². The Hall–Kier alpha value is -3.36. The Bertz CT molecular complexity index is 1010. The van der Waals surface area contributed by atoms with Crippen molar-refractivity contribution in [2.45, 2.75) is 6.61 Å². The van der Waals surface area contributed by atoms with Gasteiger partial charge in [0.2, 0.25) is 0 Å². The number of carbonyl (C=O) groups excluding carboxylic acids is 1. The van der Waals surface area contributed by atoms with E-state index in [1.807, 2.05) is 24.3 Å². The maximum Gasteiger partial charge on any atom is 0.257 e. The normalized spacial score (nSPS) is 10.3. The van der Waals surface area contributed by atoms with Crippen molar-refractivity contribution in [1.29, 1.82) is 0 Å². The molecule has 1 aromatic heterocycles. The number of ether oxygens (including phenoxy) is 2. The Morgan fingerprint density at radius 1 is 1.07 bits per heavy atom. The summed E-state index contributed by atoms with van der Waals surface area (Å²) in [5.74, 6) is 1.71. The van der Waals surface area contributed by atoms with Crippen molar-refractivity contribution in [2.24, 2.45) is 0 Å². The lowest BCUT2D eigenvalue weighted by Crippen LogP contribution is -2.34. The van der Waals surface area contributed by atoms with Crippen LogP contribution in [0, 0.1) is 0 Å². The van der Waals surface area contributed by atoms with Gasteiger partial charge in [0.1, 0.15) is 29.6 Å². The molecular formula is C21H20N2O5S. The quantitative estimate of drug-likeness (QED) is 0.533. The summed E-state index contributed by atoms with van der Waals surface area (Å²) in [5.41, 5.74) is 1.84. The van der Waals surface area contributed by atoms with Crippen LogP contribution in [0.4, 0.5) is 5.69 Å². The molecule has 0 saturated heterocycles. The lowest BCUT2D eigenvalue weighted by molar-refractivity contribution is 0.0977. The van der Waals surface area contributed by atoms with E-state index < -0.39 is 5.91 Å². The molecule has 150 valence electrons. The van der Waals surface area contributed by atoms with E-state index >= 15 is 0 Å². The summed E-state index contributed by atoms with van der Waals surface area (Å²) in [6.07, 6.45) is 0. The number of benzene rings is 2. The average Bonchev–Trinajstić information content (AvgIpc) is 3.22. The molecule has 0 aliphatic carbocycles. The van der Waals surface area contributed by atoms with Crippen molar-refractivity contribution < 1.29 is 23.8 Å². The number of rotatable bonds is 6. The average molecular weight is 412 g/mol. The molecule has 0 unspecified atom stereocenters. The number of amides is 1. The van der Waals surface area contributed by atoms with Gasteiger partial charge >= 0.3 is 0 Å². The third-order valence-electron chi connectivity index (χ3n) is 4.06. The van der Waals surface area contributed by atoms with Crippen molar-refractivity contribution in [3.8, 4) is 22.8 Å². The highest BCUT2D eigenvalue weighted by Gasteiger charge is 2.12. The number of thiocarbonyl (C=S) groups is 1. The van der Waals surface area contributed by atoms with Crippen LogP contribution in [0.2, 0.25) is 0 Å². The minimum atomic E-state index is -0.394. The van der Waals surface area contributed by atoms with Gasteiger partial charge in [-0.25, -0.2) is 0 Å². The third kappa shape index (κ3) is 5.13. The van der Waals surface area contributed by atoms with Gasteiger partial charge in [0.25, 0.3) is 5.91 Å². The van der Waals surface area contributed by atoms with Crippen molar-refractivity contribution in [1.82, 2.24) is 5.32 Å². The van der Waals surface area contributed by atoms with E-state index in [4.69, 9.17) is 31.2 Å². The van der Waals surface area contributed by atoms with Gasteiger partial charge in [-0.2, -0.15) is 0 Å². The van der Waals surface area contributed by atoms with Gasteiger partial charge in [-0.3, -0.25) is 10.1 Å². The highest BCUT2D eigenvalue weighted by molar-refractivity contribution is 7.80. The summed E-state index contributed by atoms with van der Waals surface area (Å²) in [6.45, 7) is -0.164. The Morgan fingerprint density at radius 2 is 1.79 bits per heavy atom. The zero-order chi connectivity index (χ0) is 20.8. The first-order valence-electron chi connectivity index (χ1n) is 8.68. The number of carbonyl (C=O) groups is 1. The van der Waals surface area contributed by atoms with Crippen LogP contribution in [0.15, 0.2) is 59.0 Å². The van der Waals surface area contributed by atoms with Crippen LogP contribution >= 0.6 is 12.2 Å². The number of hydrogen-bond acceptors (Lipinski definition) is 6. The summed E-state index contributed by atoms with van der Waals surface area (Å²) in [4.78, 5) is 12.5. The van der Waals surface area contributed by atoms with E-state index in [1.165, 1.54) is 14.2 Å². The van der Waals surface area contributed by atoms with Crippen LogP contribution in [-0.4, -0.2) is 30.3 Å². The van der Waals surface area contributed by atoms with E-state index in [9.17, 15) is 4.79 Å². The lowest BCUT2D eigenvalue weighted by atomic mass is 10.1. The molecule has 0 bridgehead atoms. The molecule has 1 amide bonds. The molecule has 0 aliphatic rings. The molecule has 0 fully saturated rings. The highest BCUT2D eigenvalue weighted by Crippen LogP contribution is 2.25. The number of aliphatic hydroxyl groups excluding tert-OH is 1. The Kier molecular flexibility index (Phi) is 6.48. The summed E-state index contributed by atoms with van der Waals surface area (Å²) < 4.78 is 15.9. The predicted octanol–water partition coefficient (Wildman–Crippen LogP) is 3.58. The first-order valence-corrected chi connectivity index (χ1v) is 9.08. The van der Waals surface area contributed by atoms with Gasteiger partial charge in [0, 0.05) is 22.9 Å². The van der Waals surface area contributed by atoms with Crippen molar-refractivity contribution in [2.75, 3.05) is 19.5 Å². The molecule has 0 atom stereocenters. The summed E-state index contributed by atoms with van der Waals surface area (Å²) in [5, 5.41) is 14.9. The molecule has 0 radical (unpaired) electrons. The van der Waals surface area contributed by atoms with Crippen LogP contribution in [0.3, 0.4) is 0 Å². The second-order valence-corrected chi connectivity index (χ2v) is 6.42. The Balaban J connectivity index is 1.69. The fraction of sp³-hybridized carbons (Fsp3) is 0.143. The number of nitrogens with one attached hydrogen (secondary N) is 2. The lowest BCUT2D eigenvalue weighted by Gasteiger charge is -2.12. The molecule has 8 heteroatoms. The summed E-state index contributed by atoms with van der Waals surface area (Å²) >= 11 is 5.26. The fourth-order valence-corrected chi connectivity index (χ4v) is 2.85. The number of furan rings is 1. The minimum Gasteiger partial charge on any atom is -0.497 e. The van der Waals surface area contributed by atoms with Crippen LogP contribution in [0.5, 0.6) is 11.5 Å². The van der Waals surface area contributed by atoms with E-state index in [0.717, 1.165) is 5.56 Å². The maximum atomic E-state index is 12.5. The fourth-order valence-electron chi connectivity index (χ4n) is 2.64. The predicted molar refractivity (Wildman–Crippen MR) is 113 cm³/mol. The molecule has 0 spiro atoms. The zero-order valence-corrected chi connectivity index (χ0v) is 16.7. The zero-order valence-electron chi connectivity index (χ0n) is 15.9. The van der Waals surface area contributed by atoms with E-state index in [1.54, 1.807) is 30.3 Å². The van der Waals surface area contributed by atoms with Gasteiger partial charge in [0.15, 0.2) is 5.11 Å².